The van der Waals surface area contributed by atoms with Crippen LogP contribution in [-0.4, -0.2) is 58.7 Å². The Balaban J connectivity index is 1.45. The quantitative estimate of drug-likeness (QED) is 0.264. The number of benzene rings is 1. The van der Waals surface area contributed by atoms with E-state index in [1.807, 2.05) is 0 Å². The van der Waals surface area contributed by atoms with Gasteiger partial charge in [-0.3, -0.25) is 24.2 Å². The first-order valence-electron chi connectivity index (χ1n) is 12.8. The molecule has 180 valence electrons. The van der Waals surface area contributed by atoms with Gasteiger partial charge in [0.25, 0.3) is 11.8 Å². The minimum absolute atomic E-state index is 0.0341. The summed E-state index contributed by atoms with van der Waals surface area (Å²) in [7, 11) is 0. The first-order chi connectivity index (χ1) is 16.4. The van der Waals surface area contributed by atoms with Crippen LogP contribution in [0.2, 0.25) is 0 Å². The molecule has 7 nitrogen and oxygen atoms in total. The Morgan fingerprint density at radius 2 is 1.67 bits per heavy atom. The van der Waals surface area contributed by atoms with Crippen molar-refractivity contribution in [3.05, 3.63) is 35.4 Å². The highest BCUT2D eigenvalue weighted by molar-refractivity contribution is 6.21. The number of likely N-dealkylation sites (tertiary alicyclic amines) is 1. The lowest BCUT2D eigenvalue weighted by atomic mass is 9.94. The van der Waals surface area contributed by atoms with Crippen LogP contribution in [0.1, 0.15) is 100 Å². The number of carbonyl (C=O) groups excluding carboxylic acids is 4. The van der Waals surface area contributed by atoms with Crippen molar-refractivity contribution in [2.75, 3.05) is 19.6 Å². The number of fused-ring (bicyclic) bond motifs is 1. The molecule has 0 N–H and O–H groups in total. The molecule has 1 atom stereocenters. The normalized spacial score (nSPS) is 21.1. The topological polar surface area (TPSA) is 84.0 Å². The van der Waals surface area contributed by atoms with E-state index in [1.165, 1.54) is 11.8 Å². The van der Waals surface area contributed by atoms with Crippen LogP contribution in [-0.2, 0) is 14.3 Å². The monoisotopic (exact) mass is 457 g/mol. The van der Waals surface area contributed by atoms with Crippen molar-refractivity contribution in [1.82, 2.24) is 9.80 Å². The van der Waals surface area contributed by atoms with Gasteiger partial charge in [0.15, 0.2) is 5.72 Å². The Labute approximate surface area is 197 Å². The Kier molecular flexibility index (Phi) is 8.26. The maximum absolute atomic E-state index is 12.5. The second kappa shape index (κ2) is 11.5. The summed E-state index contributed by atoms with van der Waals surface area (Å²) in [6.07, 6.45) is 6.94. The summed E-state index contributed by atoms with van der Waals surface area (Å²) < 4.78 is 13.7. The van der Waals surface area contributed by atoms with E-state index < -0.39 is 5.72 Å². The van der Waals surface area contributed by atoms with Crippen molar-refractivity contribution in [3.8, 4) is 0 Å². The average Bonchev–Trinajstić information content (AvgIpc) is 3.06. The van der Waals surface area contributed by atoms with Crippen LogP contribution in [0.15, 0.2) is 24.3 Å². The molecule has 2 amide bonds. The number of piperidine rings is 1. The molecule has 7 heteroatoms. The standard InChI is InChI=1S/C26H36N2O5/c1-3-26(33-23(30)15-14-20(2)29)16-8-11-18-27(26)17-9-4-5-10-19-28-24(31)21-12-6-7-13-22(21)25(28)32/h6-7,12-13H,3-5,8-11,14-19H2,1-2H3/i1D. The highest BCUT2D eigenvalue weighted by Crippen LogP contribution is 2.33. The summed E-state index contributed by atoms with van der Waals surface area (Å²) in [5, 5.41) is 0. The Morgan fingerprint density at radius 1 is 1.00 bits per heavy atom. The van der Waals surface area contributed by atoms with Gasteiger partial charge in [-0.1, -0.05) is 31.9 Å². The van der Waals surface area contributed by atoms with Crippen molar-refractivity contribution in [2.45, 2.75) is 83.8 Å². The van der Waals surface area contributed by atoms with Crippen LogP contribution in [0.5, 0.6) is 0 Å². The molecular formula is C26H36N2O5. The number of unbranched alkanes of at least 4 members (excludes halogenated alkanes) is 3. The third-order valence-corrected chi connectivity index (χ3v) is 6.64. The van der Waals surface area contributed by atoms with Crippen molar-refractivity contribution in [2.24, 2.45) is 0 Å². The van der Waals surface area contributed by atoms with Crippen LogP contribution in [0.3, 0.4) is 0 Å². The second-order valence-electron chi connectivity index (χ2n) is 9.04. The zero-order chi connectivity index (χ0) is 24.6. The Bertz CT molecular complexity index is 866. The molecule has 3 rings (SSSR count). The van der Waals surface area contributed by atoms with Crippen LogP contribution in [0.4, 0.5) is 0 Å². The van der Waals surface area contributed by atoms with E-state index in [0.29, 0.717) is 24.1 Å². The Hall–Kier alpha value is -2.54. The van der Waals surface area contributed by atoms with E-state index in [-0.39, 0.29) is 43.3 Å². The molecule has 2 aliphatic heterocycles. The van der Waals surface area contributed by atoms with Gasteiger partial charge in [-0.2, -0.15) is 0 Å². The summed E-state index contributed by atoms with van der Waals surface area (Å²) in [6, 6.07) is 6.94. The molecule has 1 unspecified atom stereocenters. The number of hydrogen-bond donors (Lipinski definition) is 0. The minimum Gasteiger partial charge on any atom is -0.444 e. The first-order valence-corrected chi connectivity index (χ1v) is 12.1. The number of amides is 2. The number of ether oxygens (including phenoxy) is 1. The van der Waals surface area contributed by atoms with E-state index in [0.717, 1.165) is 58.0 Å². The molecule has 33 heavy (non-hydrogen) atoms. The third-order valence-electron chi connectivity index (χ3n) is 6.64. The van der Waals surface area contributed by atoms with Crippen LogP contribution in [0, 0.1) is 0 Å². The van der Waals surface area contributed by atoms with Gasteiger partial charge in [-0.15, -0.1) is 0 Å². The molecular weight excluding hydrogens is 420 g/mol. The largest absolute Gasteiger partial charge is 0.444 e. The number of carbonyl (C=O) groups is 4. The number of ketones is 1. The molecule has 1 saturated heterocycles. The number of nitrogens with zero attached hydrogens (tertiary/aromatic N) is 2. The lowest BCUT2D eigenvalue weighted by Crippen LogP contribution is -2.54. The fourth-order valence-electron chi connectivity index (χ4n) is 4.74. The maximum Gasteiger partial charge on any atom is 0.308 e. The van der Waals surface area contributed by atoms with Crippen molar-refractivity contribution >= 4 is 23.6 Å². The minimum atomic E-state index is -0.742. The van der Waals surface area contributed by atoms with E-state index in [9.17, 15) is 19.2 Å². The van der Waals surface area contributed by atoms with Gasteiger partial charge < -0.3 is 9.53 Å². The van der Waals surface area contributed by atoms with E-state index in [1.54, 1.807) is 24.3 Å². The number of esters is 1. The predicted octanol–water partition coefficient (Wildman–Crippen LogP) is 4.35. The highest BCUT2D eigenvalue weighted by Gasteiger charge is 2.40. The van der Waals surface area contributed by atoms with E-state index in [4.69, 9.17) is 6.11 Å². The number of Topliss-reactive ketones (excluding diaryl/α,β-unsaturated/α-hetero) is 1. The predicted molar refractivity (Wildman–Crippen MR) is 125 cm³/mol. The molecule has 1 aromatic rings. The van der Waals surface area contributed by atoms with Crippen molar-refractivity contribution in [1.29, 1.82) is 0 Å². The maximum atomic E-state index is 12.5. The van der Waals surface area contributed by atoms with E-state index in [2.05, 4.69) is 4.90 Å². The van der Waals surface area contributed by atoms with Gasteiger partial charge in [-0.25, -0.2) is 0 Å². The summed E-state index contributed by atoms with van der Waals surface area (Å²) in [5.74, 6) is -0.814. The average molecular weight is 458 g/mol. The smallest absolute Gasteiger partial charge is 0.308 e. The highest BCUT2D eigenvalue weighted by atomic mass is 16.6. The number of hydrogen-bond acceptors (Lipinski definition) is 6. The number of rotatable bonds is 12. The summed E-state index contributed by atoms with van der Waals surface area (Å²) in [4.78, 5) is 52.1. The van der Waals surface area contributed by atoms with Crippen molar-refractivity contribution in [3.63, 3.8) is 0 Å². The van der Waals surface area contributed by atoms with Gasteiger partial charge in [0.05, 0.1) is 17.5 Å². The van der Waals surface area contributed by atoms with Gasteiger partial charge in [0.1, 0.15) is 5.78 Å². The van der Waals surface area contributed by atoms with Crippen LogP contribution < -0.4 is 0 Å². The Morgan fingerprint density at radius 3 is 2.30 bits per heavy atom. The summed E-state index contributed by atoms with van der Waals surface area (Å²) in [5.41, 5.74) is 0.232. The van der Waals surface area contributed by atoms with Gasteiger partial charge >= 0.3 is 5.97 Å². The van der Waals surface area contributed by atoms with E-state index >= 15 is 0 Å². The molecule has 0 aromatic heterocycles. The van der Waals surface area contributed by atoms with Gasteiger partial charge in [0.2, 0.25) is 0 Å². The molecule has 2 aliphatic rings. The van der Waals surface area contributed by atoms with Crippen LogP contribution >= 0.6 is 0 Å². The fourth-order valence-corrected chi connectivity index (χ4v) is 4.74. The lowest BCUT2D eigenvalue weighted by molar-refractivity contribution is -0.196. The third kappa shape index (κ3) is 6.08. The van der Waals surface area contributed by atoms with Gasteiger partial charge in [-0.05, 0) is 51.2 Å². The molecule has 1 fully saturated rings. The molecule has 2 heterocycles. The van der Waals surface area contributed by atoms with Crippen LogP contribution in [0.25, 0.3) is 0 Å². The van der Waals surface area contributed by atoms with Crippen molar-refractivity contribution < 1.29 is 25.3 Å². The SMILES string of the molecule is [2H]CCC1(OC(=O)CCC(C)=O)CCCCN1CCCCCCN1C(=O)c2ccccc2C1=O. The summed E-state index contributed by atoms with van der Waals surface area (Å²) in [6.45, 7) is 3.67. The molecule has 0 radical (unpaired) electrons. The molecule has 1 aromatic carbocycles. The lowest BCUT2D eigenvalue weighted by Gasteiger charge is -2.46. The second-order valence-corrected chi connectivity index (χ2v) is 9.04. The molecule has 0 saturated carbocycles. The zero-order valence-electron chi connectivity index (χ0n) is 20.6. The molecule has 0 spiro atoms. The zero-order valence-corrected chi connectivity index (χ0v) is 19.6. The molecule has 0 bridgehead atoms. The number of imide groups is 1. The molecule has 0 aliphatic carbocycles. The fraction of sp³-hybridized carbons (Fsp3) is 0.615. The first kappa shape index (κ1) is 23.6. The van der Waals surface area contributed by atoms with Gasteiger partial charge in [0, 0.05) is 33.8 Å². The summed E-state index contributed by atoms with van der Waals surface area (Å²) >= 11 is 0.